The number of hydrazone groups is 1. The topological polar surface area (TPSA) is 62.6 Å². The van der Waals surface area contributed by atoms with Gasteiger partial charge in [-0.25, -0.2) is 9.97 Å². The first-order valence-electron chi connectivity index (χ1n) is 7.74. The molecule has 1 aromatic heterocycles. The van der Waals surface area contributed by atoms with Crippen molar-refractivity contribution in [2.45, 2.75) is 13.8 Å². The third kappa shape index (κ3) is 4.04. The molecule has 2 aromatic rings. The van der Waals surface area contributed by atoms with Crippen LogP contribution in [0.5, 0.6) is 0 Å². The average molecular weight is 311 g/mol. The SMILES string of the molecule is C/C(=N/Nc1cc(N2CCOCC2)ncn1)c1ccc(C)cc1. The summed E-state index contributed by atoms with van der Waals surface area (Å²) in [7, 11) is 0. The number of morpholine rings is 1. The molecular formula is C17H21N5O. The molecule has 1 saturated heterocycles. The van der Waals surface area contributed by atoms with E-state index in [1.807, 2.05) is 13.0 Å². The number of hydrogen-bond donors (Lipinski definition) is 1. The van der Waals surface area contributed by atoms with Gasteiger partial charge in [-0.3, -0.25) is 5.43 Å². The van der Waals surface area contributed by atoms with Crippen LogP contribution in [0.15, 0.2) is 41.8 Å². The molecule has 0 unspecified atom stereocenters. The lowest BCUT2D eigenvalue weighted by molar-refractivity contribution is 0.122. The van der Waals surface area contributed by atoms with Crippen molar-refractivity contribution in [3.05, 3.63) is 47.8 Å². The smallest absolute Gasteiger partial charge is 0.151 e. The molecule has 0 radical (unpaired) electrons. The van der Waals surface area contributed by atoms with Crippen LogP contribution in [0.4, 0.5) is 11.6 Å². The molecule has 1 N–H and O–H groups in total. The predicted octanol–water partition coefficient (Wildman–Crippen LogP) is 2.46. The molecule has 0 atom stereocenters. The van der Waals surface area contributed by atoms with Crippen molar-refractivity contribution in [3.63, 3.8) is 0 Å². The van der Waals surface area contributed by atoms with Gasteiger partial charge in [0.2, 0.25) is 0 Å². The van der Waals surface area contributed by atoms with Crippen molar-refractivity contribution >= 4 is 17.3 Å². The number of rotatable bonds is 4. The maximum absolute atomic E-state index is 5.37. The van der Waals surface area contributed by atoms with Gasteiger partial charge in [0.15, 0.2) is 5.82 Å². The Kier molecular flexibility index (Phi) is 4.83. The zero-order valence-corrected chi connectivity index (χ0v) is 13.5. The second-order valence-electron chi connectivity index (χ2n) is 5.54. The van der Waals surface area contributed by atoms with Crippen LogP contribution >= 0.6 is 0 Å². The Morgan fingerprint density at radius 1 is 1.17 bits per heavy atom. The summed E-state index contributed by atoms with van der Waals surface area (Å²) in [5.74, 6) is 1.59. The molecule has 2 heterocycles. The number of ether oxygens (including phenoxy) is 1. The van der Waals surface area contributed by atoms with Crippen LogP contribution in [-0.2, 0) is 4.74 Å². The summed E-state index contributed by atoms with van der Waals surface area (Å²) >= 11 is 0. The van der Waals surface area contributed by atoms with Crippen molar-refractivity contribution in [2.75, 3.05) is 36.6 Å². The number of aromatic nitrogens is 2. The van der Waals surface area contributed by atoms with Crippen molar-refractivity contribution in [1.82, 2.24) is 9.97 Å². The van der Waals surface area contributed by atoms with Crippen LogP contribution in [0.2, 0.25) is 0 Å². The Labute approximate surface area is 136 Å². The fourth-order valence-electron chi connectivity index (χ4n) is 2.37. The standard InChI is InChI=1S/C17H21N5O/c1-13-3-5-15(6-4-13)14(2)20-21-16-11-17(19-12-18-16)22-7-9-23-10-8-22/h3-6,11-12H,7-10H2,1-2H3,(H,18,19,21)/b20-14-. The molecule has 0 saturated carbocycles. The predicted molar refractivity (Wildman–Crippen MR) is 92.1 cm³/mol. The minimum atomic E-state index is 0.688. The maximum Gasteiger partial charge on any atom is 0.151 e. The second kappa shape index (κ2) is 7.19. The van der Waals surface area contributed by atoms with Gasteiger partial charge in [-0.2, -0.15) is 5.10 Å². The van der Waals surface area contributed by atoms with E-state index in [2.05, 4.69) is 56.6 Å². The number of hydrogen-bond acceptors (Lipinski definition) is 6. The quantitative estimate of drug-likeness (QED) is 0.694. The molecule has 1 aromatic carbocycles. The third-order valence-corrected chi connectivity index (χ3v) is 3.80. The van der Waals surface area contributed by atoms with Gasteiger partial charge in [-0.05, 0) is 19.4 Å². The highest BCUT2D eigenvalue weighted by Gasteiger charge is 2.12. The fraction of sp³-hybridized carbons (Fsp3) is 0.353. The third-order valence-electron chi connectivity index (χ3n) is 3.80. The fourth-order valence-corrected chi connectivity index (χ4v) is 2.37. The Balaban J connectivity index is 1.70. The molecule has 1 aliphatic rings. The lowest BCUT2D eigenvalue weighted by atomic mass is 10.1. The molecule has 23 heavy (non-hydrogen) atoms. The van der Waals surface area contributed by atoms with E-state index in [9.17, 15) is 0 Å². The van der Waals surface area contributed by atoms with Crippen LogP contribution in [-0.4, -0.2) is 42.0 Å². The number of aryl methyl sites for hydroxylation is 1. The van der Waals surface area contributed by atoms with Gasteiger partial charge in [-0.15, -0.1) is 0 Å². The van der Waals surface area contributed by atoms with Crippen molar-refractivity contribution in [2.24, 2.45) is 5.10 Å². The molecule has 0 spiro atoms. The molecular weight excluding hydrogens is 290 g/mol. The van der Waals surface area contributed by atoms with Crippen LogP contribution in [0.25, 0.3) is 0 Å². The highest BCUT2D eigenvalue weighted by atomic mass is 16.5. The number of benzene rings is 1. The van der Waals surface area contributed by atoms with E-state index in [-0.39, 0.29) is 0 Å². The van der Waals surface area contributed by atoms with E-state index in [1.165, 1.54) is 5.56 Å². The average Bonchev–Trinajstić information content (AvgIpc) is 2.61. The Morgan fingerprint density at radius 3 is 2.65 bits per heavy atom. The van der Waals surface area contributed by atoms with Crippen LogP contribution in [0.3, 0.4) is 0 Å². The van der Waals surface area contributed by atoms with Crippen LogP contribution < -0.4 is 10.3 Å². The largest absolute Gasteiger partial charge is 0.378 e. The van der Waals surface area contributed by atoms with E-state index in [0.29, 0.717) is 5.82 Å². The second-order valence-corrected chi connectivity index (χ2v) is 5.54. The molecule has 1 aliphatic heterocycles. The maximum atomic E-state index is 5.37. The van der Waals surface area contributed by atoms with Crippen molar-refractivity contribution in [3.8, 4) is 0 Å². The first kappa shape index (κ1) is 15.4. The molecule has 1 fully saturated rings. The summed E-state index contributed by atoms with van der Waals surface area (Å²) in [6.07, 6.45) is 1.56. The Bertz CT molecular complexity index is 678. The van der Waals surface area contributed by atoms with Crippen LogP contribution in [0.1, 0.15) is 18.1 Å². The molecule has 120 valence electrons. The summed E-state index contributed by atoms with van der Waals surface area (Å²) in [5.41, 5.74) is 6.25. The van der Waals surface area contributed by atoms with Gasteiger partial charge in [0.05, 0.1) is 18.9 Å². The van der Waals surface area contributed by atoms with E-state index < -0.39 is 0 Å². The van der Waals surface area contributed by atoms with E-state index >= 15 is 0 Å². The summed E-state index contributed by atoms with van der Waals surface area (Å²) < 4.78 is 5.37. The van der Waals surface area contributed by atoms with Gasteiger partial charge in [-0.1, -0.05) is 29.8 Å². The number of nitrogens with zero attached hydrogens (tertiary/aromatic N) is 4. The number of anilines is 2. The van der Waals surface area contributed by atoms with E-state index in [0.717, 1.165) is 43.4 Å². The molecule has 6 nitrogen and oxygen atoms in total. The highest BCUT2D eigenvalue weighted by Crippen LogP contribution is 2.15. The molecule has 0 aliphatic carbocycles. The summed E-state index contributed by atoms with van der Waals surface area (Å²) in [6.45, 7) is 7.21. The Morgan fingerprint density at radius 2 is 1.91 bits per heavy atom. The van der Waals surface area contributed by atoms with E-state index in [4.69, 9.17) is 4.74 Å². The first-order valence-corrected chi connectivity index (χ1v) is 7.74. The zero-order valence-electron chi connectivity index (χ0n) is 13.5. The molecule has 0 amide bonds. The summed E-state index contributed by atoms with van der Waals surface area (Å²) in [5, 5.41) is 4.41. The van der Waals surface area contributed by atoms with Gasteiger partial charge in [0.1, 0.15) is 12.1 Å². The van der Waals surface area contributed by atoms with Gasteiger partial charge in [0, 0.05) is 19.2 Å². The lowest BCUT2D eigenvalue weighted by Crippen LogP contribution is -2.36. The number of nitrogens with one attached hydrogen (secondary N) is 1. The summed E-state index contributed by atoms with van der Waals surface area (Å²) in [6, 6.07) is 10.2. The normalized spacial score (nSPS) is 15.6. The zero-order chi connectivity index (χ0) is 16.1. The molecule has 3 rings (SSSR count). The van der Waals surface area contributed by atoms with Gasteiger partial charge < -0.3 is 9.64 Å². The molecule has 0 bridgehead atoms. The minimum Gasteiger partial charge on any atom is -0.378 e. The van der Waals surface area contributed by atoms with Crippen molar-refractivity contribution < 1.29 is 4.74 Å². The van der Waals surface area contributed by atoms with Crippen molar-refractivity contribution in [1.29, 1.82) is 0 Å². The molecule has 6 heteroatoms. The van der Waals surface area contributed by atoms with E-state index in [1.54, 1.807) is 6.33 Å². The van der Waals surface area contributed by atoms with Gasteiger partial charge in [0.25, 0.3) is 0 Å². The summed E-state index contributed by atoms with van der Waals surface area (Å²) in [4.78, 5) is 10.7. The van der Waals surface area contributed by atoms with Crippen LogP contribution in [0, 0.1) is 6.92 Å². The lowest BCUT2D eigenvalue weighted by Gasteiger charge is -2.27. The first-order chi connectivity index (χ1) is 11.2. The van der Waals surface area contributed by atoms with Gasteiger partial charge >= 0.3 is 0 Å². The monoisotopic (exact) mass is 311 g/mol. The highest BCUT2D eigenvalue weighted by molar-refractivity contribution is 5.99. The Hall–Kier alpha value is -2.47. The minimum absolute atomic E-state index is 0.688.